The van der Waals surface area contributed by atoms with E-state index in [2.05, 4.69) is 26.3 Å². The summed E-state index contributed by atoms with van der Waals surface area (Å²) in [6.45, 7) is 13.4. The standard InChI is InChI=1S/C12H18O4.H3N/c1-5-9(13)8(4)12(16,10(14)6-2)11(15)7-3;/h5-7,9-11,13-16H,1-4H2;1H3. The first-order valence-corrected chi connectivity index (χ1v) is 4.69. The van der Waals surface area contributed by atoms with Gasteiger partial charge in [0.2, 0.25) is 0 Å². The largest absolute Gasteiger partial charge is 0.386 e. The topological polar surface area (TPSA) is 116 Å². The Hall–Kier alpha value is -1.24. The van der Waals surface area contributed by atoms with Crippen molar-refractivity contribution in [1.29, 1.82) is 0 Å². The molecule has 3 atom stereocenters. The first kappa shape index (κ1) is 18.1. The van der Waals surface area contributed by atoms with Crippen molar-refractivity contribution in [2.24, 2.45) is 0 Å². The van der Waals surface area contributed by atoms with Gasteiger partial charge in [0.15, 0.2) is 0 Å². The number of hydrogen-bond acceptors (Lipinski definition) is 5. The smallest absolute Gasteiger partial charge is 0.147 e. The number of aliphatic hydroxyl groups excluding tert-OH is 3. The van der Waals surface area contributed by atoms with Gasteiger partial charge >= 0.3 is 0 Å². The van der Waals surface area contributed by atoms with Crippen molar-refractivity contribution < 1.29 is 20.4 Å². The van der Waals surface area contributed by atoms with Crippen molar-refractivity contribution in [3.05, 3.63) is 50.1 Å². The molecule has 0 rings (SSSR count). The first-order chi connectivity index (χ1) is 7.35. The molecular formula is C12H21NO4. The van der Waals surface area contributed by atoms with Gasteiger partial charge in [-0.1, -0.05) is 24.8 Å². The Bertz CT molecular complexity index is 287. The summed E-state index contributed by atoms with van der Waals surface area (Å²) in [7, 11) is 0. The fraction of sp³-hybridized carbons (Fsp3) is 0.333. The van der Waals surface area contributed by atoms with Crippen molar-refractivity contribution in [3.8, 4) is 0 Å². The van der Waals surface area contributed by atoms with Crippen LogP contribution in [0.4, 0.5) is 0 Å². The summed E-state index contributed by atoms with van der Waals surface area (Å²) in [4.78, 5) is 0. The van der Waals surface area contributed by atoms with Crippen LogP contribution in [0, 0.1) is 0 Å². The average Bonchev–Trinajstić information content (AvgIpc) is 2.33. The van der Waals surface area contributed by atoms with E-state index < -0.39 is 23.9 Å². The third-order valence-electron chi connectivity index (χ3n) is 2.44. The quantitative estimate of drug-likeness (QED) is 0.406. The van der Waals surface area contributed by atoms with E-state index in [9.17, 15) is 20.4 Å². The van der Waals surface area contributed by atoms with Gasteiger partial charge in [-0.25, -0.2) is 0 Å². The zero-order valence-corrected chi connectivity index (χ0v) is 9.79. The third-order valence-corrected chi connectivity index (χ3v) is 2.44. The SMILES string of the molecule is C=CC(O)C(=C)C(O)(C(O)C=C)C(O)C=C.N. The molecule has 0 amide bonds. The maximum Gasteiger partial charge on any atom is 0.147 e. The molecule has 0 fully saturated rings. The molecule has 3 unspecified atom stereocenters. The van der Waals surface area contributed by atoms with Gasteiger partial charge in [-0.3, -0.25) is 0 Å². The Morgan fingerprint density at radius 2 is 1.29 bits per heavy atom. The Morgan fingerprint density at radius 3 is 1.53 bits per heavy atom. The second-order valence-corrected chi connectivity index (χ2v) is 3.39. The fourth-order valence-electron chi connectivity index (χ4n) is 1.29. The molecule has 0 saturated heterocycles. The summed E-state index contributed by atoms with van der Waals surface area (Å²) in [5.74, 6) is 0. The van der Waals surface area contributed by atoms with Gasteiger partial charge in [0.25, 0.3) is 0 Å². The summed E-state index contributed by atoms with van der Waals surface area (Å²) < 4.78 is 0. The van der Waals surface area contributed by atoms with Crippen LogP contribution in [0.15, 0.2) is 50.1 Å². The zero-order valence-electron chi connectivity index (χ0n) is 9.79. The minimum absolute atomic E-state index is 0. The van der Waals surface area contributed by atoms with Gasteiger partial charge in [0, 0.05) is 0 Å². The van der Waals surface area contributed by atoms with E-state index in [1.54, 1.807) is 0 Å². The van der Waals surface area contributed by atoms with E-state index in [1.165, 1.54) is 0 Å². The Morgan fingerprint density at radius 1 is 0.941 bits per heavy atom. The maximum atomic E-state index is 10.2. The summed E-state index contributed by atoms with van der Waals surface area (Å²) in [6.07, 6.45) is -1.03. The van der Waals surface area contributed by atoms with Crippen LogP contribution in [0.25, 0.3) is 0 Å². The van der Waals surface area contributed by atoms with Gasteiger partial charge in [-0.15, -0.1) is 19.7 Å². The number of rotatable bonds is 7. The van der Waals surface area contributed by atoms with Crippen molar-refractivity contribution >= 4 is 0 Å². The molecule has 0 aliphatic rings. The van der Waals surface area contributed by atoms with Gasteiger partial charge in [0.1, 0.15) is 17.8 Å². The van der Waals surface area contributed by atoms with Gasteiger partial charge in [-0.05, 0) is 5.57 Å². The lowest BCUT2D eigenvalue weighted by Gasteiger charge is -2.37. The third kappa shape index (κ3) is 3.36. The van der Waals surface area contributed by atoms with Crippen molar-refractivity contribution in [2.45, 2.75) is 23.9 Å². The molecule has 0 aromatic heterocycles. The monoisotopic (exact) mass is 243 g/mol. The molecule has 0 aliphatic heterocycles. The van der Waals surface area contributed by atoms with Crippen LogP contribution in [0.1, 0.15) is 0 Å². The summed E-state index contributed by atoms with van der Waals surface area (Å²) in [5.41, 5.74) is -2.32. The molecule has 0 saturated carbocycles. The highest BCUT2D eigenvalue weighted by Crippen LogP contribution is 2.28. The molecule has 0 aromatic rings. The minimum atomic E-state index is -2.14. The first-order valence-electron chi connectivity index (χ1n) is 4.69. The van der Waals surface area contributed by atoms with Crippen LogP contribution in [0.2, 0.25) is 0 Å². The van der Waals surface area contributed by atoms with E-state index in [-0.39, 0.29) is 11.7 Å². The van der Waals surface area contributed by atoms with Gasteiger partial charge < -0.3 is 26.6 Å². The lowest BCUT2D eigenvalue weighted by atomic mass is 9.80. The van der Waals surface area contributed by atoms with E-state index in [4.69, 9.17) is 0 Å². The lowest BCUT2D eigenvalue weighted by Crippen LogP contribution is -2.54. The van der Waals surface area contributed by atoms with Crippen LogP contribution in [0.5, 0.6) is 0 Å². The molecule has 17 heavy (non-hydrogen) atoms. The summed E-state index contributed by atoms with van der Waals surface area (Å²) >= 11 is 0. The minimum Gasteiger partial charge on any atom is -0.386 e. The Balaban J connectivity index is 0. The van der Waals surface area contributed by atoms with Crippen LogP contribution >= 0.6 is 0 Å². The second kappa shape index (κ2) is 7.16. The Labute approximate surface area is 101 Å². The molecule has 0 spiro atoms. The Kier molecular flexibility index (Phi) is 7.63. The van der Waals surface area contributed by atoms with E-state index in [0.717, 1.165) is 18.2 Å². The van der Waals surface area contributed by atoms with Crippen LogP contribution in [-0.2, 0) is 0 Å². The molecule has 0 heterocycles. The molecule has 0 radical (unpaired) electrons. The average molecular weight is 243 g/mol. The van der Waals surface area contributed by atoms with E-state index >= 15 is 0 Å². The van der Waals surface area contributed by atoms with Crippen LogP contribution in [-0.4, -0.2) is 44.3 Å². The maximum absolute atomic E-state index is 10.2. The van der Waals surface area contributed by atoms with Crippen LogP contribution in [0.3, 0.4) is 0 Å². The van der Waals surface area contributed by atoms with Gasteiger partial charge in [0.05, 0.1) is 6.10 Å². The molecule has 0 bridgehead atoms. The van der Waals surface area contributed by atoms with Gasteiger partial charge in [-0.2, -0.15) is 0 Å². The highest BCUT2D eigenvalue weighted by Gasteiger charge is 2.44. The molecule has 0 aromatic carbocycles. The number of aliphatic hydroxyl groups is 4. The molecule has 5 heteroatoms. The van der Waals surface area contributed by atoms with Crippen molar-refractivity contribution in [2.75, 3.05) is 0 Å². The highest BCUT2D eigenvalue weighted by molar-refractivity contribution is 5.29. The number of hydrogen-bond donors (Lipinski definition) is 5. The molecular weight excluding hydrogens is 222 g/mol. The zero-order chi connectivity index (χ0) is 12.9. The molecule has 98 valence electrons. The fourth-order valence-corrected chi connectivity index (χ4v) is 1.29. The van der Waals surface area contributed by atoms with Crippen molar-refractivity contribution in [1.82, 2.24) is 6.15 Å². The van der Waals surface area contributed by atoms with Crippen molar-refractivity contribution in [3.63, 3.8) is 0 Å². The normalized spacial score (nSPS) is 18.8. The highest BCUT2D eigenvalue weighted by atomic mass is 16.4. The van der Waals surface area contributed by atoms with E-state index in [0.29, 0.717) is 0 Å². The van der Waals surface area contributed by atoms with E-state index in [1.807, 2.05) is 0 Å². The molecule has 7 N–H and O–H groups in total. The summed E-state index contributed by atoms with van der Waals surface area (Å²) in [6, 6.07) is 0. The summed E-state index contributed by atoms with van der Waals surface area (Å²) in [5, 5.41) is 38.9. The second-order valence-electron chi connectivity index (χ2n) is 3.39. The predicted octanol–water partition coefficient (Wildman–Crippen LogP) is 0.0764. The van der Waals surface area contributed by atoms with Crippen LogP contribution < -0.4 is 6.15 Å². The predicted molar refractivity (Wildman–Crippen MR) is 67.7 cm³/mol. The lowest BCUT2D eigenvalue weighted by molar-refractivity contribution is -0.0946. The molecule has 0 aliphatic carbocycles. The molecule has 5 nitrogen and oxygen atoms in total.